The molecule has 108 valence electrons. The fraction of sp³-hybridized carbons (Fsp3) is 0.538. The fourth-order valence-electron chi connectivity index (χ4n) is 1.65. The van der Waals surface area contributed by atoms with Crippen molar-refractivity contribution < 1.29 is 12.8 Å². The summed E-state index contributed by atoms with van der Waals surface area (Å²) in [6.45, 7) is 7.18. The summed E-state index contributed by atoms with van der Waals surface area (Å²) in [4.78, 5) is -0.399. The highest BCUT2D eigenvalue weighted by Crippen LogP contribution is 2.24. The molecule has 0 saturated heterocycles. The summed E-state index contributed by atoms with van der Waals surface area (Å²) < 4.78 is 40.9. The van der Waals surface area contributed by atoms with Gasteiger partial charge in [-0.05, 0) is 44.4 Å². The predicted molar refractivity (Wildman–Crippen MR) is 74.9 cm³/mol. The number of sulfonamides is 1. The van der Waals surface area contributed by atoms with Crippen LogP contribution in [0.15, 0.2) is 17.0 Å². The lowest BCUT2D eigenvalue weighted by atomic mass is 9.98. The quantitative estimate of drug-likeness (QED) is 0.818. The molecule has 6 heteroatoms. The molecule has 0 unspecified atom stereocenters. The molecular weight excluding hydrogens is 267 g/mol. The van der Waals surface area contributed by atoms with Gasteiger partial charge in [-0.3, -0.25) is 0 Å². The monoisotopic (exact) mass is 288 g/mol. The van der Waals surface area contributed by atoms with Crippen LogP contribution in [0, 0.1) is 12.7 Å². The summed E-state index contributed by atoms with van der Waals surface area (Å²) in [7, 11) is -3.92. The molecule has 0 aliphatic carbocycles. The average molecular weight is 288 g/mol. The molecule has 3 N–H and O–H groups in total. The average Bonchev–Trinajstić information content (AvgIpc) is 2.33. The minimum absolute atomic E-state index is 0.261. The minimum atomic E-state index is -3.92. The summed E-state index contributed by atoms with van der Waals surface area (Å²) in [5.41, 5.74) is 5.84. The van der Waals surface area contributed by atoms with E-state index in [4.69, 9.17) is 5.73 Å². The number of nitrogens with two attached hydrogens (primary N) is 1. The molecule has 0 heterocycles. The van der Waals surface area contributed by atoms with Crippen LogP contribution in [0.4, 0.5) is 10.1 Å². The zero-order valence-electron chi connectivity index (χ0n) is 11.7. The van der Waals surface area contributed by atoms with Gasteiger partial charge in [-0.1, -0.05) is 13.8 Å². The van der Waals surface area contributed by atoms with Crippen LogP contribution in [0.5, 0.6) is 0 Å². The smallest absolute Gasteiger partial charge is 0.244 e. The van der Waals surface area contributed by atoms with Crippen molar-refractivity contribution in [1.82, 2.24) is 4.72 Å². The maximum absolute atomic E-state index is 13.8. The van der Waals surface area contributed by atoms with Gasteiger partial charge in [-0.25, -0.2) is 17.5 Å². The van der Waals surface area contributed by atoms with Gasteiger partial charge in [0, 0.05) is 11.2 Å². The molecule has 0 spiro atoms. The Morgan fingerprint density at radius 2 is 1.84 bits per heavy atom. The maximum atomic E-state index is 13.8. The van der Waals surface area contributed by atoms with Crippen LogP contribution in [-0.2, 0) is 10.0 Å². The van der Waals surface area contributed by atoms with Crippen molar-refractivity contribution in [1.29, 1.82) is 0 Å². The number of nitrogens with one attached hydrogen (secondary N) is 1. The fourth-order valence-corrected chi connectivity index (χ4v) is 3.29. The molecule has 19 heavy (non-hydrogen) atoms. The minimum Gasteiger partial charge on any atom is -0.398 e. The van der Waals surface area contributed by atoms with E-state index in [2.05, 4.69) is 4.72 Å². The maximum Gasteiger partial charge on any atom is 0.244 e. The second-order valence-corrected chi connectivity index (χ2v) is 6.66. The van der Waals surface area contributed by atoms with Gasteiger partial charge in [0.1, 0.15) is 10.7 Å². The van der Waals surface area contributed by atoms with Gasteiger partial charge in [0.2, 0.25) is 10.0 Å². The number of hydrogen-bond acceptors (Lipinski definition) is 3. The SMILES string of the molecule is CCC(C)(CC)NS(=O)(=O)c1cc(N)c(C)cc1F. The van der Waals surface area contributed by atoms with Gasteiger partial charge in [0.05, 0.1) is 0 Å². The molecule has 0 saturated carbocycles. The lowest BCUT2D eigenvalue weighted by Crippen LogP contribution is -2.45. The van der Waals surface area contributed by atoms with Crippen LogP contribution in [0.2, 0.25) is 0 Å². The first-order chi connectivity index (χ1) is 8.65. The molecule has 0 aliphatic rings. The van der Waals surface area contributed by atoms with Crippen molar-refractivity contribution in [2.45, 2.75) is 51.0 Å². The first kappa shape index (κ1) is 15.9. The largest absolute Gasteiger partial charge is 0.398 e. The summed E-state index contributed by atoms with van der Waals surface area (Å²) in [6.07, 6.45) is 1.23. The molecule has 0 amide bonds. The highest BCUT2D eigenvalue weighted by atomic mass is 32.2. The van der Waals surface area contributed by atoms with Crippen molar-refractivity contribution in [3.63, 3.8) is 0 Å². The van der Waals surface area contributed by atoms with Crippen LogP contribution >= 0.6 is 0 Å². The summed E-state index contributed by atoms with van der Waals surface area (Å²) >= 11 is 0. The number of hydrogen-bond donors (Lipinski definition) is 2. The second-order valence-electron chi connectivity index (χ2n) is 5.01. The van der Waals surface area contributed by atoms with Crippen molar-refractivity contribution in [2.24, 2.45) is 0 Å². The standard InChI is InChI=1S/C13H21FN2O2S/c1-5-13(4,6-2)16-19(17,18)12-8-11(15)9(3)7-10(12)14/h7-8,16H,5-6,15H2,1-4H3. The molecule has 0 bridgehead atoms. The number of nitrogen functional groups attached to an aromatic ring is 1. The van der Waals surface area contributed by atoms with E-state index in [-0.39, 0.29) is 5.69 Å². The van der Waals surface area contributed by atoms with Crippen LogP contribution in [0.3, 0.4) is 0 Å². The Morgan fingerprint density at radius 1 is 1.32 bits per heavy atom. The highest BCUT2D eigenvalue weighted by Gasteiger charge is 2.29. The molecule has 0 aromatic heterocycles. The number of aryl methyl sites for hydroxylation is 1. The number of anilines is 1. The highest BCUT2D eigenvalue weighted by molar-refractivity contribution is 7.89. The van der Waals surface area contributed by atoms with Gasteiger partial charge in [-0.15, -0.1) is 0 Å². The molecular formula is C13H21FN2O2S. The van der Waals surface area contributed by atoms with E-state index in [0.717, 1.165) is 6.07 Å². The van der Waals surface area contributed by atoms with Crippen molar-refractivity contribution in [3.05, 3.63) is 23.5 Å². The van der Waals surface area contributed by atoms with Crippen LogP contribution in [0.1, 0.15) is 39.2 Å². The first-order valence-corrected chi connectivity index (χ1v) is 7.73. The van der Waals surface area contributed by atoms with Gasteiger partial charge in [0.25, 0.3) is 0 Å². The predicted octanol–water partition coefficient (Wildman–Crippen LogP) is 2.57. The second kappa shape index (κ2) is 5.46. The molecule has 4 nitrogen and oxygen atoms in total. The van der Waals surface area contributed by atoms with Gasteiger partial charge < -0.3 is 5.73 Å². The van der Waals surface area contributed by atoms with E-state index in [1.807, 2.05) is 13.8 Å². The summed E-state index contributed by atoms with van der Waals surface area (Å²) in [6, 6.07) is 2.30. The molecule has 0 fully saturated rings. The lowest BCUT2D eigenvalue weighted by Gasteiger charge is -2.28. The Morgan fingerprint density at radius 3 is 2.32 bits per heavy atom. The Hall–Kier alpha value is -1.14. The Labute approximate surface area is 114 Å². The van der Waals surface area contributed by atoms with E-state index in [1.165, 1.54) is 6.07 Å². The number of benzene rings is 1. The van der Waals surface area contributed by atoms with Crippen LogP contribution in [-0.4, -0.2) is 14.0 Å². The van der Waals surface area contributed by atoms with E-state index >= 15 is 0 Å². The van der Waals surface area contributed by atoms with Crippen molar-refractivity contribution >= 4 is 15.7 Å². The number of rotatable bonds is 5. The summed E-state index contributed by atoms with van der Waals surface area (Å²) in [5, 5.41) is 0. The van der Waals surface area contributed by atoms with Crippen LogP contribution < -0.4 is 10.5 Å². The van der Waals surface area contributed by atoms with E-state index < -0.39 is 26.3 Å². The van der Waals surface area contributed by atoms with Gasteiger partial charge in [0.15, 0.2) is 0 Å². The van der Waals surface area contributed by atoms with Gasteiger partial charge >= 0.3 is 0 Å². The third-order valence-corrected chi connectivity index (χ3v) is 5.20. The first-order valence-electron chi connectivity index (χ1n) is 6.25. The number of halogens is 1. The Bertz CT molecular complexity index is 566. The molecule has 1 aromatic rings. The van der Waals surface area contributed by atoms with Crippen molar-refractivity contribution in [2.75, 3.05) is 5.73 Å². The van der Waals surface area contributed by atoms with E-state index in [9.17, 15) is 12.8 Å². The molecule has 1 rings (SSSR count). The third-order valence-electron chi connectivity index (χ3n) is 3.55. The zero-order chi connectivity index (χ0) is 14.8. The normalized spacial score (nSPS) is 12.7. The van der Waals surface area contributed by atoms with Crippen LogP contribution in [0.25, 0.3) is 0 Å². The summed E-state index contributed by atoms with van der Waals surface area (Å²) in [5.74, 6) is -0.784. The van der Waals surface area contributed by atoms with Gasteiger partial charge in [-0.2, -0.15) is 0 Å². The Balaban J connectivity index is 3.25. The molecule has 1 aromatic carbocycles. The lowest BCUT2D eigenvalue weighted by molar-refractivity contribution is 0.387. The molecule has 0 atom stereocenters. The topological polar surface area (TPSA) is 72.2 Å². The third kappa shape index (κ3) is 3.45. The van der Waals surface area contributed by atoms with E-state index in [0.29, 0.717) is 18.4 Å². The molecule has 0 radical (unpaired) electrons. The molecule has 0 aliphatic heterocycles. The Kier molecular flexibility index (Phi) is 4.58. The zero-order valence-corrected chi connectivity index (χ0v) is 12.6. The van der Waals surface area contributed by atoms with E-state index in [1.54, 1.807) is 13.8 Å². The van der Waals surface area contributed by atoms with Crippen molar-refractivity contribution in [3.8, 4) is 0 Å².